The van der Waals surface area contributed by atoms with Crippen LogP contribution in [0.5, 0.6) is 0 Å². The van der Waals surface area contributed by atoms with Crippen molar-refractivity contribution >= 4 is 11.9 Å². The highest BCUT2D eigenvalue weighted by molar-refractivity contribution is 5.72. The molecule has 0 aliphatic carbocycles. The Hall–Kier alpha value is -1.06. The van der Waals surface area contributed by atoms with Gasteiger partial charge in [0.2, 0.25) is 5.91 Å². The molecule has 1 N–H and O–H groups in total. The molecule has 0 aliphatic rings. The summed E-state index contributed by atoms with van der Waals surface area (Å²) in [6.45, 7) is 6.58. The summed E-state index contributed by atoms with van der Waals surface area (Å²) in [4.78, 5) is 22.6. The Morgan fingerprint density at radius 2 is 1.64 bits per heavy atom. The Morgan fingerprint density at radius 1 is 0.909 bits per heavy atom. The van der Waals surface area contributed by atoms with Crippen LogP contribution in [-0.2, 0) is 14.3 Å². The molecule has 0 rings (SSSR count). The van der Waals surface area contributed by atoms with E-state index in [1.807, 2.05) is 0 Å². The minimum Gasteiger partial charge on any atom is -0.462 e. The molecule has 0 spiro atoms. The largest absolute Gasteiger partial charge is 0.462 e. The maximum absolute atomic E-state index is 11.9. The van der Waals surface area contributed by atoms with Gasteiger partial charge in [0.25, 0.3) is 0 Å². The molecule has 4 nitrogen and oxygen atoms in total. The topological polar surface area (TPSA) is 55.4 Å². The summed E-state index contributed by atoms with van der Waals surface area (Å²) < 4.78 is 5.60. The van der Waals surface area contributed by atoms with Gasteiger partial charge in [-0.2, -0.15) is 0 Å². The number of carbonyl (C=O) groups is 2. The van der Waals surface area contributed by atoms with Gasteiger partial charge in [-0.1, -0.05) is 46.0 Å². The molecule has 0 fully saturated rings. The first-order chi connectivity index (χ1) is 10.6. The third kappa shape index (κ3) is 13.9. The number of hydrogen-bond donors (Lipinski definition) is 1. The zero-order valence-electron chi connectivity index (χ0n) is 14.8. The van der Waals surface area contributed by atoms with Gasteiger partial charge in [-0.15, -0.1) is 0 Å². The predicted octanol–water partition coefficient (Wildman–Crippen LogP) is 4.37. The highest BCUT2D eigenvalue weighted by Crippen LogP contribution is 2.14. The predicted molar refractivity (Wildman–Crippen MR) is 90.7 cm³/mol. The van der Waals surface area contributed by atoms with E-state index < -0.39 is 0 Å². The summed E-state index contributed by atoms with van der Waals surface area (Å²) in [6, 6.07) is 0. The number of ether oxygens (including phenoxy) is 1. The molecule has 0 aromatic rings. The van der Waals surface area contributed by atoms with Crippen LogP contribution >= 0.6 is 0 Å². The Morgan fingerprint density at radius 3 is 2.27 bits per heavy atom. The summed E-state index contributed by atoms with van der Waals surface area (Å²) in [5, 5.41) is 2.78. The Labute approximate surface area is 136 Å². The van der Waals surface area contributed by atoms with Crippen LogP contribution in [0.25, 0.3) is 0 Å². The maximum Gasteiger partial charge on any atom is 0.306 e. The van der Waals surface area contributed by atoms with Crippen molar-refractivity contribution in [3.05, 3.63) is 0 Å². The first kappa shape index (κ1) is 20.9. The van der Waals surface area contributed by atoms with Crippen LogP contribution in [-0.4, -0.2) is 24.5 Å². The lowest BCUT2D eigenvalue weighted by Crippen LogP contribution is -2.20. The smallest absolute Gasteiger partial charge is 0.306 e. The number of rotatable bonds is 14. The van der Waals surface area contributed by atoms with Crippen LogP contribution in [0, 0.1) is 0 Å². The van der Waals surface area contributed by atoms with Crippen molar-refractivity contribution in [1.82, 2.24) is 5.32 Å². The van der Waals surface area contributed by atoms with E-state index in [2.05, 4.69) is 19.2 Å². The van der Waals surface area contributed by atoms with E-state index in [9.17, 15) is 9.59 Å². The number of amides is 1. The lowest BCUT2D eigenvalue weighted by atomic mass is 10.1. The van der Waals surface area contributed by atoms with Gasteiger partial charge in [0, 0.05) is 19.9 Å². The van der Waals surface area contributed by atoms with Crippen LogP contribution in [0.2, 0.25) is 0 Å². The van der Waals surface area contributed by atoms with Crippen LogP contribution < -0.4 is 5.32 Å². The van der Waals surface area contributed by atoms with Crippen molar-refractivity contribution in [3.8, 4) is 0 Å². The second-order valence-electron chi connectivity index (χ2n) is 6.04. The highest BCUT2D eigenvalue weighted by Gasteiger charge is 2.13. The average molecular weight is 313 g/mol. The van der Waals surface area contributed by atoms with Crippen molar-refractivity contribution in [2.75, 3.05) is 6.54 Å². The standard InChI is InChI=1S/C18H35NO3/c1-4-6-9-13-17(12-5-2)22-18(21)14-10-7-8-11-15-19-16(3)20/h17H,4-15H2,1-3H3,(H,19,20). The van der Waals surface area contributed by atoms with Gasteiger partial charge in [-0.3, -0.25) is 9.59 Å². The zero-order chi connectivity index (χ0) is 16.6. The van der Waals surface area contributed by atoms with Gasteiger partial charge in [0.15, 0.2) is 0 Å². The van der Waals surface area contributed by atoms with Crippen molar-refractivity contribution in [1.29, 1.82) is 0 Å². The van der Waals surface area contributed by atoms with E-state index in [0.29, 0.717) is 6.42 Å². The van der Waals surface area contributed by atoms with Crippen molar-refractivity contribution in [3.63, 3.8) is 0 Å². The maximum atomic E-state index is 11.9. The van der Waals surface area contributed by atoms with E-state index in [0.717, 1.165) is 57.9 Å². The van der Waals surface area contributed by atoms with E-state index in [1.165, 1.54) is 19.8 Å². The summed E-state index contributed by atoms with van der Waals surface area (Å²) >= 11 is 0. The SMILES string of the molecule is CCCCCC(CCC)OC(=O)CCCCCCNC(C)=O. The van der Waals surface area contributed by atoms with E-state index in [4.69, 9.17) is 4.74 Å². The third-order valence-electron chi connectivity index (χ3n) is 3.72. The first-order valence-electron chi connectivity index (χ1n) is 9.04. The van der Waals surface area contributed by atoms with Crippen molar-refractivity contribution < 1.29 is 14.3 Å². The van der Waals surface area contributed by atoms with Crippen LogP contribution in [0.4, 0.5) is 0 Å². The van der Waals surface area contributed by atoms with Crippen molar-refractivity contribution in [2.45, 2.75) is 97.5 Å². The molecule has 0 aromatic carbocycles. The molecule has 0 heterocycles. The third-order valence-corrected chi connectivity index (χ3v) is 3.72. The molecular weight excluding hydrogens is 278 g/mol. The molecule has 1 unspecified atom stereocenters. The minimum absolute atomic E-state index is 0.0219. The van der Waals surface area contributed by atoms with Gasteiger partial charge < -0.3 is 10.1 Å². The molecule has 1 atom stereocenters. The fourth-order valence-electron chi connectivity index (χ4n) is 2.46. The summed E-state index contributed by atoms with van der Waals surface area (Å²) in [6.07, 6.45) is 11.2. The Balaban J connectivity index is 3.64. The van der Waals surface area contributed by atoms with Crippen LogP contribution in [0.1, 0.15) is 91.4 Å². The highest BCUT2D eigenvalue weighted by atomic mass is 16.5. The zero-order valence-corrected chi connectivity index (χ0v) is 14.8. The van der Waals surface area contributed by atoms with Gasteiger partial charge in [0.1, 0.15) is 6.10 Å². The second-order valence-corrected chi connectivity index (χ2v) is 6.04. The Bertz CT molecular complexity index is 292. The van der Waals surface area contributed by atoms with E-state index in [1.54, 1.807) is 0 Å². The molecule has 4 heteroatoms. The first-order valence-corrected chi connectivity index (χ1v) is 9.04. The van der Waals surface area contributed by atoms with E-state index in [-0.39, 0.29) is 18.0 Å². The van der Waals surface area contributed by atoms with Crippen molar-refractivity contribution in [2.24, 2.45) is 0 Å². The van der Waals surface area contributed by atoms with E-state index >= 15 is 0 Å². The molecule has 0 saturated heterocycles. The lowest BCUT2D eigenvalue weighted by molar-refractivity contribution is -0.150. The van der Waals surface area contributed by atoms with Gasteiger partial charge in [-0.25, -0.2) is 0 Å². The van der Waals surface area contributed by atoms with Gasteiger partial charge >= 0.3 is 5.97 Å². The molecular formula is C18H35NO3. The molecule has 0 aromatic heterocycles. The van der Waals surface area contributed by atoms with Gasteiger partial charge in [-0.05, 0) is 32.1 Å². The number of unbranched alkanes of at least 4 members (excludes halogenated alkanes) is 5. The molecule has 0 bridgehead atoms. The molecule has 1 amide bonds. The molecule has 0 aliphatic heterocycles. The minimum atomic E-state index is -0.0446. The molecule has 0 radical (unpaired) electrons. The monoisotopic (exact) mass is 313 g/mol. The number of esters is 1. The number of nitrogens with one attached hydrogen (secondary N) is 1. The second kappa shape index (κ2) is 14.9. The average Bonchev–Trinajstić information content (AvgIpc) is 2.46. The summed E-state index contributed by atoms with van der Waals surface area (Å²) in [7, 11) is 0. The molecule has 22 heavy (non-hydrogen) atoms. The molecule has 0 saturated carbocycles. The van der Waals surface area contributed by atoms with Gasteiger partial charge in [0.05, 0.1) is 0 Å². The lowest BCUT2D eigenvalue weighted by Gasteiger charge is -2.17. The summed E-state index contributed by atoms with van der Waals surface area (Å²) in [5.74, 6) is -0.0228. The quantitative estimate of drug-likeness (QED) is 0.383. The fraction of sp³-hybridized carbons (Fsp3) is 0.889. The normalized spacial score (nSPS) is 12.0. The number of hydrogen-bond acceptors (Lipinski definition) is 3. The fourth-order valence-corrected chi connectivity index (χ4v) is 2.46. The summed E-state index contributed by atoms with van der Waals surface area (Å²) in [5.41, 5.74) is 0. The van der Waals surface area contributed by atoms with Crippen LogP contribution in [0.15, 0.2) is 0 Å². The number of carbonyl (C=O) groups excluding carboxylic acids is 2. The Kier molecular flexibility index (Phi) is 14.1. The van der Waals surface area contributed by atoms with Crippen LogP contribution in [0.3, 0.4) is 0 Å². The molecule has 130 valence electrons.